The molecular formula is C27H43ClFO7P. The molecule has 1 fully saturated rings. The highest BCUT2D eigenvalue weighted by Gasteiger charge is 2.44. The van der Waals surface area contributed by atoms with Gasteiger partial charge in [0, 0.05) is 24.9 Å². The maximum absolute atomic E-state index is 14.0. The largest absolute Gasteiger partial charge is 0.501 e. The van der Waals surface area contributed by atoms with E-state index in [2.05, 4.69) is 20.4 Å². The molecule has 1 heterocycles. The van der Waals surface area contributed by atoms with Crippen LogP contribution in [-0.4, -0.2) is 64.2 Å². The van der Waals surface area contributed by atoms with Gasteiger partial charge >= 0.3 is 0 Å². The van der Waals surface area contributed by atoms with Crippen molar-refractivity contribution in [1.82, 2.24) is 0 Å². The second-order valence-electron chi connectivity index (χ2n) is 7.97. The second kappa shape index (κ2) is 19.5. The van der Waals surface area contributed by atoms with Gasteiger partial charge in [0.2, 0.25) is 6.29 Å². The van der Waals surface area contributed by atoms with Crippen LogP contribution in [-0.2, 0) is 20.4 Å². The first-order chi connectivity index (χ1) is 17.6. The van der Waals surface area contributed by atoms with Gasteiger partial charge in [0.25, 0.3) is 0 Å². The van der Waals surface area contributed by atoms with Crippen molar-refractivity contribution in [1.29, 1.82) is 0 Å². The first kappa shape index (κ1) is 35.5. The van der Waals surface area contributed by atoms with Crippen LogP contribution in [0.1, 0.15) is 53.0 Å². The molecule has 0 saturated carbocycles. The van der Waals surface area contributed by atoms with Gasteiger partial charge in [-0.05, 0) is 49.9 Å². The zero-order valence-corrected chi connectivity index (χ0v) is 24.3. The topological polar surface area (TPSA) is 109 Å². The number of rotatable bonds is 10. The summed E-state index contributed by atoms with van der Waals surface area (Å²) in [5.74, 6) is 0.366. The molecule has 0 aliphatic carbocycles. The molecule has 1 aliphatic heterocycles. The molecular weight excluding hydrogens is 522 g/mol. The number of benzene rings is 1. The summed E-state index contributed by atoms with van der Waals surface area (Å²) in [6.07, 6.45) is -0.406. The van der Waals surface area contributed by atoms with E-state index in [0.29, 0.717) is 5.76 Å². The van der Waals surface area contributed by atoms with Crippen molar-refractivity contribution in [3.8, 4) is 0 Å². The molecule has 6 atom stereocenters. The molecule has 37 heavy (non-hydrogen) atoms. The summed E-state index contributed by atoms with van der Waals surface area (Å²) in [5.41, 5.74) is 0.227. The fourth-order valence-corrected chi connectivity index (χ4v) is 4.75. The quantitative estimate of drug-likeness (QED) is 0.165. The van der Waals surface area contributed by atoms with Crippen molar-refractivity contribution in [2.75, 3.05) is 13.3 Å². The standard InChI is InChI=1S/C22H29ClFO7P.C3H8.C2H6/c1-4-14(9-8-13(2)29-3)30-22-21(27)20(26)19(25)18(31-22)10-11-32(28)12-15-16(23)6-5-7-17(15)24;1-3-2;1-2/h4-9,18-22,25-28H,1,10-12H2,2-3H3;3H2,1-2H3;1-2H3/b13-8+,14-9+;;/t18?,19-,20?,21?,22+,32?;;/m1../s1. The van der Waals surface area contributed by atoms with Crippen LogP contribution >= 0.6 is 19.7 Å². The predicted molar refractivity (Wildman–Crippen MR) is 148 cm³/mol. The lowest BCUT2D eigenvalue weighted by atomic mass is 9.97. The maximum atomic E-state index is 14.0. The van der Waals surface area contributed by atoms with Gasteiger partial charge < -0.3 is 34.4 Å². The molecule has 212 valence electrons. The minimum absolute atomic E-state index is 0.0449. The zero-order chi connectivity index (χ0) is 28.5. The second-order valence-corrected chi connectivity index (χ2v) is 10.2. The Morgan fingerprint density at radius 2 is 1.78 bits per heavy atom. The summed E-state index contributed by atoms with van der Waals surface area (Å²) in [5, 5.41) is 31.0. The Balaban J connectivity index is 0.00000241. The predicted octanol–water partition coefficient (Wildman–Crippen LogP) is 5.65. The lowest BCUT2D eigenvalue weighted by molar-refractivity contribution is -0.285. The number of hydrogen-bond acceptors (Lipinski definition) is 7. The van der Waals surface area contributed by atoms with Crippen molar-refractivity contribution in [3.63, 3.8) is 0 Å². The average Bonchev–Trinajstić information content (AvgIpc) is 2.89. The number of allylic oxidation sites excluding steroid dienone is 4. The summed E-state index contributed by atoms with van der Waals surface area (Å²) >= 11 is 6.01. The van der Waals surface area contributed by atoms with Gasteiger partial charge in [-0.15, -0.1) is 0 Å². The van der Waals surface area contributed by atoms with E-state index in [9.17, 15) is 24.6 Å². The van der Waals surface area contributed by atoms with Gasteiger partial charge in [-0.1, -0.05) is 58.4 Å². The lowest BCUT2D eigenvalue weighted by Gasteiger charge is -2.40. The van der Waals surface area contributed by atoms with E-state index in [1.165, 1.54) is 31.7 Å². The number of methoxy groups -OCH3 is 1. The fourth-order valence-electron chi connectivity index (χ4n) is 3.03. The van der Waals surface area contributed by atoms with Crippen LogP contribution in [0.3, 0.4) is 0 Å². The van der Waals surface area contributed by atoms with Gasteiger partial charge in [-0.2, -0.15) is 0 Å². The van der Waals surface area contributed by atoms with Gasteiger partial charge in [-0.3, -0.25) is 0 Å². The Labute approximate surface area is 227 Å². The molecule has 10 heteroatoms. The zero-order valence-electron chi connectivity index (χ0n) is 22.6. The number of aliphatic hydroxyl groups is 3. The van der Waals surface area contributed by atoms with E-state index in [-0.39, 0.29) is 35.1 Å². The van der Waals surface area contributed by atoms with Crippen LogP contribution < -0.4 is 0 Å². The lowest BCUT2D eigenvalue weighted by Crippen LogP contribution is -2.58. The molecule has 1 aliphatic rings. The van der Waals surface area contributed by atoms with Crippen LogP contribution in [0, 0.1) is 5.82 Å². The molecule has 1 saturated heterocycles. The Morgan fingerprint density at radius 3 is 2.32 bits per heavy atom. The first-order valence-corrected chi connectivity index (χ1v) is 14.4. The van der Waals surface area contributed by atoms with Crippen molar-refractivity contribution >= 4 is 19.7 Å². The van der Waals surface area contributed by atoms with Crippen LogP contribution in [0.5, 0.6) is 0 Å². The molecule has 2 rings (SSSR count). The molecule has 1 aromatic rings. The van der Waals surface area contributed by atoms with E-state index in [1.807, 2.05) is 13.8 Å². The maximum Gasteiger partial charge on any atom is 0.229 e. The van der Waals surface area contributed by atoms with Gasteiger partial charge in [0.15, 0.2) is 0 Å². The van der Waals surface area contributed by atoms with Gasteiger partial charge in [0.1, 0.15) is 29.9 Å². The Morgan fingerprint density at radius 1 is 1.16 bits per heavy atom. The minimum Gasteiger partial charge on any atom is -0.501 e. The van der Waals surface area contributed by atoms with E-state index in [0.717, 1.165) is 0 Å². The van der Waals surface area contributed by atoms with Crippen molar-refractivity contribution in [2.24, 2.45) is 0 Å². The van der Waals surface area contributed by atoms with Crippen LogP contribution in [0.15, 0.2) is 54.5 Å². The van der Waals surface area contributed by atoms with Crippen molar-refractivity contribution < 1.29 is 38.8 Å². The van der Waals surface area contributed by atoms with Crippen molar-refractivity contribution in [3.05, 3.63) is 70.9 Å². The SMILES string of the molecule is C=C/C(=C\C=C(/C)OC)O[C@H]1OC(CCP(O)Cc2c(F)cccc2Cl)[C@@H](O)C(O)C1O.CC.CCC. The third kappa shape index (κ3) is 12.3. The highest BCUT2D eigenvalue weighted by atomic mass is 35.5. The first-order valence-electron chi connectivity index (χ1n) is 12.4. The third-order valence-corrected chi connectivity index (χ3v) is 6.81. The minimum atomic E-state index is -1.66. The fraction of sp³-hybridized carbons (Fsp3) is 0.556. The Kier molecular flexibility index (Phi) is 18.7. The Hall–Kier alpha value is -1.51. The van der Waals surface area contributed by atoms with Crippen LogP contribution in [0.4, 0.5) is 4.39 Å². The summed E-state index contributed by atoms with van der Waals surface area (Å²) in [4.78, 5) is 10.4. The van der Waals surface area contributed by atoms with Gasteiger partial charge in [0.05, 0.1) is 19.0 Å². The molecule has 4 unspecified atom stereocenters. The number of hydrogen-bond donors (Lipinski definition) is 4. The smallest absolute Gasteiger partial charge is 0.229 e. The highest BCUT2D eigenvalue weighted by molar-refractivity contribution is 7.50. The van der Waals surface area contributed by atoms with Crippen LogP contribution in [0.2, 0.25) is 5.02 Å². The highest BCUT2D eigenvalue weighted by Crippen LogP contribution is 2.40. The molecule has 0 spiro atoms. The Bertz CT molecular complexity index is 832. The van der Waals surface area contributed by atoms with Gasteiger partial charge in [-0.25, -0.2) is 4.39 Å². The molecule has 1 aromatic carbocycles. The molecule has 4 N–H and O–H groups in total. The van der Waals surface area contributed by atoms with Crippen LogP contribution in [0.25, 0.3) is 0 Å². The molecule has 0 bridgehead atoms. The number of aliphatic hydroxyl groups excluding tert-OH is 3. The molecule has 0 aromatic heterocycles. The summed E-state index contributed by atoms with van der Waals surface area (Å²) < 4.78 is 30.3. The molecule has 0 amide bonds. The summed E-state index contributed by atoms with van der Waals surface area (Å²) in [7, 11) is -0.143. The monoisotopic (exact) mass is 564 g/mol. The molecule has 7 nitrogen and oxygen atoms in total. The number of ether oxygens (including phenoxy) is 3. The summed E-state index contributed by atoms with van der Waals surface area (Å²) in [6.45, 7) is 13.6. The average molecular weight is 565 g/mol. The van der Waals surface area contributed by atoms with E-state index in [1.54, 1.807) is 25.1 Å². The molecule has 0 radical (unpaired) electrons. The van der Waals surface area contributed by atoms with E-state index in [4.69, 9.17) is 25.8 Å². The summed E-state index contributed by atoms with van der Waals surface area (Å²) in [6, 6.07) is 4.30. The van der Waals surface area contributed by atoms with E-state index < -0.39 is 44.7 Å². The van der Waals surface area contributed by atoms with E-state index >= 15 is 0 Å². The normalized spacial score (nSPS) is 24.6. The van der Waals surface area contributed by atoms with Crippen molar-refractivity contribution in [2.45, 2.75) is 84.3 Å². The third-order valence-electron chi connectivity index (χ3n) is 5.00. The number of halogens is 2.